The number of benzene rings is 1. The van der Waals surface area contributed by atoms with Crippen LogP contribution >= 0.6 is 11.8 Å². The lowest BCUT2D eigenvalue weighted by atomic mass is 10.1. The molecule has 0 spiro atoms. The molecule has 0 bridgehead atoms. The quantitative estimate of drug-likeness (QED) is 0.499. The highest BCUT2D eigenvalue weighted by Crippen LogP contribution is 2.33. The topological polar surface area (TPSA) is 109 Å². The molecule has 0 aliphatic carbocycles. The molecular formula is C15H10F3N7OS. The summed E-state index contributed by atoms with van der Waals surface area (Å²) < 4.78 is 44.2. The Balaban J connectivity index is 1.51. The van der Waals surface area contributed by atoms with Gasteiger partial charge >= 0.3 is 6.18 Å². The summed E-state index contributed by atoms with van der Waals surface area (Å²) in [5.74, 6) is 1.97. The van der Waals surface area contributed by atoms with E-state index in [1.54, 1.807) is 18.2 Å². The fraction of sp³-hybridized carbons (Fsp3) is 0.133. The minimum absolute atomic E-state index is 0.300. The zero-order chi connectivity index (χ0) is 18.9. The van der Waals surface area contributed by atoms with Crippen molar-refractivity contribution >= 4 is 11.8 Å². The van der Waals surface area contributed by atoms with Crippen molar-refractivity contribution in [3.8, 4) is 22.9 Å². The highest BCUT2D eigenvalue weighted by Gasteiger charge is 2.30. The minimum atomic E-state index is -4.42. The van der Waals surface area contributed by atoms with E-state index in [-0.39, 0.29) is 0 Å². The van der Waals surface area contributed by atoms with E-state index in [1.165, 1.54) is 17.8 Å². The molecule has 2 N–H and O–H groups in total. The Hall–Kier alpha value is -3.15. The van der Waals surface area contributed by atoms with E-state index in [0.717, 1.165) is 12.1 Å². The highest BCUT2D eigenvalue weighted by atomic mass is 32.2. The second kappa shape index (κ2) is 6.87. The van der Waals surface area contributed by atoms with Gasteiger partial charge < -0.3 is 4.42 Å². The van der Waals surface area contributed by atoms with Crippen LogP contribution < -0.4 is 0 Å². The van der Waals surface area contributed by atoms with Crippen molar-refractivity contribution in [1.29, 1.82) is 0 Å². The first-order valence-electron chi connectivity index (χ1n) is 7.54. The number of nitrogens with zero attached hydrogens (tertiary/aromatic N) is 5. The number of alkyl halides is 3. The summed E-state index contributed by atoms with van der Waals surface area (Å²) in [6.07, 6.45) is -4.42. The van der Waals surface area contributed by atoms with Gasteiger partial charge in [0, 0.05) is 5.56 Å². The van der Waals surface area contributed by atoms with Crippen LogP contribution in [0.1, 0.15) is 11.4 Å². The summed E-state index contributed by atoms with van der Waals surface area (Å²) in [4.78, 5) is 4.28. The number of H-pyrrole nitrogens is 2. The van der Waals surface area contributed by atoms with Gasteiger partial charge in [0.25, 0.3) is 0 Å². The van der Waals surface area contributed by atoms with Crippen molar-refractivity contribution in [2.45, 2.75) is 17.1 Å². The van der Waals surface area contributed by atoms with Crippen LogP contribution in [0.5, 0.6) is 0 Å². The second-order valence-electron chi connectivity index (χ2n) is 5.33. The minimum Gasteiger partial charge on any atom is -0.453 e. The molecule has 1 aromatic carbocycles. The molecule has 0 atom stereocenters. The van der Waals surface area contributed by atoms with Crippen LogP contribution in [0.3, 0.4) is 0 Å². The van der Waals surface area contributed by atoms with E-state index in [9.17, 15) is 13.2 Å². The van der Waals surface area contributed by atoms with Gasteiger partial charge in [-0.1, -0.05) is 29.1 Å². The molecule has 0 amide bonds. The number of aromatic amines is 2. The van der Waals surface area contributed by atoms with Crippen LogP contribution in [0, 0.1) is 0 Å². The largest absolute Gasteiger partial charge is 0.453 e. The van der Waals surface area contributed by atoms with E-state index >= 15 is 0 Å². The maximum Gasteiger partial charge on any atom is 0.416 e. The smallest absolute Gasteiger partial charge is 0.416 e. The van der Waals surface area contributed by atoms with Crippen LogP contribution in [-0.2, 0) is 11.9 Å². The van der Waals surface area contributed by atoms with E-state index in [2.05, 4.69) is 35.8 Å². The van der Waals surface area contributed by atoms with Crippen LogP contribution in [0.25, 0.3) is 22.9 Å². The first-order valence-corrected chi connectivity index (χ1v) is 8.53. The Labute approximate surface area is 153 Å². The standard InChI is InChI=1S/C15H10F3N7OS/c16-15(17,18)9-3-1-2-8(6-9)10-4-5-11(26-10)13-19-14(23-22-13)27-7-12-20-24-25-21-12/h1-6H,7H2,(H,19,22,23)(H,20,21,24,25). The molecule has 0 fully saturated rings. The number of hydrogen-bond donors (Lipinski definition) is 2. The van der Waals surface area contributed by atoms with Gasteiger partial charge in [-0.3, -0.25) is 5.10 Å². The third kappa shape index (κ3) is 3.84. The molecule has 27 heavy (non-hydrogen) atoms. The van der Waals surface area contributed by atoms with Crippen LogP contribution in [0.2, 0.25) is 0 Å². The van der Waals surface area contributed by atoms with Crippen molar-refractivity contribution in [1.82, 2.24) is 35.8 Å². The molecular weight excluding hydrogens is 383 g/mol. The monoisotopic (exact) mass is 393 g/mol. The number of tetrazole rings is 1. The summed E-state index contributed by atoms with van der Waals surface area (Å²) in [7, 11) is 0. The van der Waals surface area contributed by atoms with Crippen molar-refractivity contribution in [2.24, 2.45) is 0 Å². The fourth-order valence-electron chi connectivity index (χ4n) is 2.26. The fourth-order valence-corrected chi connectivity index (χ4v) is 2.91. The number of rotatable bonds is 5. The van der Waals surface area contributed by atoms with Gasteiger partial charge in [-0.25, -0.2) is 0 Å². The molecule has 12 heteroatoms. The average Bonchev–Trinajstić information content (AvgIpc) is 3.39. The zero-order valence-electron chi connectivity index (χ0n) is 13.4. The van der Waals surface area contributed by atoms with Crippen LogP contribution in [-0.4, -0.2) is 35.8 Å². The molecule has 138 valence electrons. The predicted molar refractivity (Wildman–Crippen MR) is 88.3 cm³/mol. The molecule has 8 nitrogen and oxygen atoms in total. The molecule has 0 saturated carbocycles. The summed E-state index contributed by atoms with van der Waals surface area (Å²) in [5, 5.41) is 20.7. The van der Waals surface area contributed by atoms with Gasteiger partial charge in [-0.05, 0) is 24.3 Å². The predicted octanol–water partition coefficient (Wildman–Crippen LogP) is 3.56. The second-order valence-corrected chi connectivity index (χ2v) is 6.27. The van der Waals surface area contributed by atoms with E-state index in [1.807, 2.05) is 0 Å². The number of hydrogen-bond acceptors (Lipinski definition) is 7. The van der Waals surface area contributed by atoms with E-state index < -0.39 is 11.7 Å². The molecule has 0 aliphatic rings. The van der Waals surface area contributed by atoms with E-state index in [4.69, 9.17) is 4.42 Å². The Morgan fingerprint density at radius 2 is 1.93 bits per heavy atom. The highest BCUT2D eigenvalue weighted by molar-refractivity contribution is 7.98. The maximum atomic E-state index is 12.9. The normalized spacial score (nSPS) is 11.8. The summed E-state index contributed by atoms with van der Waals surface area (Å²) in [6, 6.07) is 8.13. The maximum absolute atomic E-state index is 12.9. The third-order valence-corrected chi connectivity index (χ3v) is 4.34. The van der Waals surface area contributed by atoms with Gasteiger partial charge in [-0.15, -0.1) is 15.3 Å². The van der Waals surface area contributed by atoms with Crippen molar-refractivity contribution < 1.29 is 17.6 Å². The van der Waals surface area contributed by atoms with Crippen molar-refractivity contribution in [3.63, 3.8) is 0 Å². The SMILES string of the molecule is FC(F)(F)c1cccc(-c2ccc(-c3nc(SCc4nn[nH]n4)n[nH]3)o2)c1. The first kappa shape index (κ1) is 17.3. The number of halogens is 3. The van der Waals surface area contributed by atoms with Crippen LogP contribution in [0.4, 0.5) is 13.2 Å². The van der Waals surface area contributed by atoms with Crippen molar-refractivity contribution in [3.05, 3.63) is 47.8 Å². The zero-order valence-corrected chi connectivity index (χ0v) is 14.2. The summed E-state index contributed by atoms with van der Waals surface area (Å²) in [6.45, 7) is 0. The van der Waals surface area contributed by atoms with Gasteiger partial charge in [0.15, 0.2) is 17.4 Å². The van der Waals surface area contributed by atoms with Gasteiger partial charge in [-0.2, -0.15) is 23.4 Å². The molecule has 3 aromatic heterocycles. The van der Waals surface area contributed by atoms with Gasteiger partial charge in [0.2, 0.25) is 5.16 Å². The van der Waals surface area contributed by atoms with E-state index in [0.29, 0.717) is 39.6 Å². The Morgan fingerprint density at radius 3 is 2.70 bits per heavy atom. The summed E-state index contributed by atoms with van der Waals surface area (Å²) >= 11 is 1.30. The summed E-state index contributed by atoms with van der Waals surface area (Å²) in [5.41, 5.74) is -0.417. The molecule has 4 rings (SSSR count). The molecule has 0 saturated heterocycles. The number of aromatic nitrogens is 7. The number of thioether (sulfide) groups is 1. The van der Waals surface area contributed by atoms with Crippen molar-refractivity contribution in [2.75, 3.05) is 0 Å². The lowest BCUT2D eigenvalue weighted by molar-refractivity contribution is -0.137. The average molecular weight is 393 g/mol. The van der Waals surface area contributed by atoms with Gasteiger partial charge in [0.1, 0.15) is 5.76 Å². The van der Waals surface area contributed by atoms with Gasteiger partial charge in [0.05, 0.1) is 11.3 Å². The Bertz CT molecular complexity index is 1040. The lowest BCUT2D eigenvalue weighted by Gasteiger charge is -2.07. The Kier molecular flexibility index (Phi) is 4.39. The lowest BCUT2D eigenvalue weighted by Crippen LogP contribution is -2.04. The molecule has 0 unspecified atom stereocenters. The number of nitrogens with one attached hydrogen (secondary N) is 2. The first-order chi connectivity index (χ1) is 13.0. The molecule has 3 heterocycles. The Morgan fingerprint density at radius 1 is 1.07 bits per heavy atom. The number of furan rings is 1. The van der Waals surface area contributed by atoms with Crippen LogP contribution in [0.15, 0.2) is 46.0 Å². The third-order valence-electron chi connectivity index (χ3n) is 3.50. The molecule has 0 radical (unpaired) electrons. The molecule has 0 aliphatic heterocycles. The molecule has 4 aromatic rings.